The summed E-state index contributed by atoms with van der Waals surface area (Å²) in [6.07, 6.45) is -0.367. The Morgan fingerprint density at radius 3 is 2.29 bits per heavy atom. The summed E-state index contributed by atoms with van der Waals surface area (Å²) >= 11 is 0. The standard InChI is InChI=1S/C22H29N3O5S/c1-15-8-10-18(11-9-15)31(29,30)25-19(13-20(27)24-22(2,3)4)21(28)23-14-16-6-5-7-17(26)12-16/h5-12,19,25-26H,13-14H2,1-4H3,(H,23,28)(H,24,27)/t19-/m0/s1. The molecule has 4 N–H and O–H groups in total. The van der Waals surface area contributed by atoms with Gasteiger partial charge in [0.15, 0.2) is 0 Å². The van der Waals surface area contributed by atoms with Crippen molar-refractivity contribution in [2.75, 3.05) is 0 Å². The second-order valence-corrected chi connectivity index (χ2v) is 10.1. The van der Waals surface area contributed by atoms with Gasteiger partial charge in [-0.3, -0.25) is 9.59 Å². The van der Waals surface area contributed by atoms with Crippen LogP contribution in [0.2, 0.25) is 0 Å². The van der Waals surface area contributed by atoms with Gasteiger partial charge in [-0.1, -0.05) is 29.8 Å². The maximum absolute atomic E-state index is 12.8. The van der Waals surface area contributed by atoms with Gasteiger partial charge in [0, 0.05) is 12.1 Å². The van der Waals surface area contributed by atoms with Crippen molar-refractivity contribution in [1.29, 1.82) is 0 Å². The molecule has 2 aromatic rings. The van der Waals surface area contributed by atoms with Crippen LogP contribution in [-0.4, -0.2) is 36.9 Å². The molecule has 0 saturated carbocycles. The zero-order valence-electron chi connectivity index (χ0n) is 18.1. The number of hydrogen-bond donors (Lipinski definition) is 4. The summed E-state index contributed by atoms with van der Waals surface area (Å²) in [4.78, 5) is 25.2. The van der Waals surface area contributed by atoms with Crippen LogP contribution < -0.4 is 15.4 Å². The van der Waals surface area contributed by atoms with Gasteiger partial charge in [0.2, 0.25) is 21.8 Å². The molecule has 0 spiro atoms. The first-order valence-corrected chi connectivity index (χ1v) is 11.3. The van der Waals surface area contributed by atoms with Crippen LogP contribution in [-0.2, 0) is 26.2 Å². The Morgan fingerprint density at radius 2 is 1.71 bits per heavy atom. The highest BCUT2D eigenvalue weighted by molar-refractivity contribution is 7.89. The molecule has 31 heavy (non-hydrogen) atoms. The molecule has 0 aliphatic heterocycles. The number of nitrogens with one attached hydrogen (secondary N) is 3. The number of aromatic hydroxyl groups is 1. The molecule has 1 atom stereocenters. The molecule has 0 aliphatic rings. The first-order valence-electron chi connectivity index (χ1n) is 9.81. The number of rotatable bonds is 8. The lowest BCUT2D eigenvalue weighted by Crippen LogP contribution is -2.50. The minimum Gasteiger partial charge on any atom is -0.508 e. The molecule has 9 heteroatoms. The third kappa shape index (κ3) is 8.03. The molecule has 0 aromatic heterocycles. The van der Waals surface area contributed by atoms with E-state index in [-0.39, 0.29) is 23.6 Å². The van der Waals surface area contributed by atoms with Crippen LogP contribution in [0.15, 0.2) is 53.4 Å². The predicted molar refractivity (Wildman–Crippen MR) is 118 cm³/mol. The molecule has 2 aromatic carbocycles. The fraction of sp³-hybridized carbons (Fsp3) is 0.364. The quantitative estimate of drug-likeness (QED) is 0.492. The second kappa shape index (κ2) is 9.93. The van der Waals surface area contributed by atoms with Crippen molar-refractivity contribution < 1.29 is 23.1 Å². The van der Waals surface area contributed by atoms with Crippen molar-refractivity contribution >= 4 is 21.8 Å². The van der Waals surface area contributed by atoms with E-state index in [1.54, 1.807) is 45.0 Å². The first-order chi connectivity index (χ1) is 14.4. The number of hydrogen-bond acceptors (Lipinski definition) is 5. The summed E-state index contributed by atoms with van der Waals surface area (Å²) in [5.41, 5.74) is 0.992. The predicted octanol–water partition coefficient (Wildman–Crippen LogP) is 1.97. The van der Waals surface area contributed by atoms with E-state index in [0.29, 0.717) is 5.56 Å². The van der Waals surface area contributed by atoms with Crippen LogP contribution in [0.1, 0.15) is 38.3 Å². The maximum Gasteiger partial charge on any atom is 0.241 e. The molecule has 0 unspecified atom stereocenters. The first kappa shape index (κ1) is 24.4. The highest BCUT2D eigenvalue weighted by Crippen LogP contribution is 2.13. The molecular formula is C22H29N3O5S. The van der Waals surface area contributed by atoms with Crippen LogP contribution in [0.4, 0.5) is 0 Å². The molecule has 0 aliphatic carbocycles. The zero-order chi connectivity index (χ0) is 23.2. The topological polar surface area (TPSA) is 125 Å². The monoisotopic (exact) mass is 447 g/mol. The highest BCUT2D eigenvalue weighted by atomic mass is 32.2. The van der Waals surface area contributed by atoms with E-state index in [9.17, 15) is 23.1 Å². The minimum absolute atomic E-state index is 0.000103. The number of amides is 2. The van der Waals surface area contributed by atoms with Gasteiger partial charge in [0.05, 0.1) is 11.3 Å². The Bertz CT molecular complexity index is 1030. The van der Waals surface area contributed by atoms with Crippen molar-refractivity contribution in [3.63, 3.8) is 0 Å². The largest absolute Gasteiger partial charge is 0.508 e. The second-order valence-electron chi connectivity index (χ2n) is 8.38. The van der Waals surface area contributed by atoms with Gasteiger partial charge in [-0.2, -0.15) is 4.72 Å². The maximum atomic E-state index is 12.8. The average Bonchev–Trinajstić information content (AvgIpc) is 2.64. The zero-order valence-corrected chi connectivity index (χ0v) is 18.9. The number of carbonyl (C=O) groups excluding carboxylic acids is 2. The number of carbonyl (C=O) groups is 2. The van der Waals surface area contributed by atoms with Gasteiger partial charge in [0.25, 0.3) is 0 Å². The fourth-order valence-electron chi connectivity index (χ4n) is 2.79. The number of aryl methyl sites for hydroxylation is 1. The lowest BCUT2D eigenvalue weighted by molar-refractivity contribution is -0.128. The Kier molecular flexibility index (Phi) is 7.80. The third-order valence-electron chi connectivity index (χ3n) is 4.23. The van der Waals surface area contributed by atoms with E-state index in [1.807, 2.05) is 6.92 Å². The highest BCUT2D eigenvalue weighted by Gasteiger charge is 2.29. The van der Waals surface area contributed by atoms with Crippen LogP contribution in [0.25, 0.3) is 0 Å². The SMILES string of the molecule is Cc1ccc(S(=O)(=O)N[C@@H](CC(=O)NC(C)(C)C)C(=O)NCc2cccc(O)c2)cc1. The molecule has 0 bridgehead atoms. The molecular weight excluding hydrogens is 418 g/mol. The summed E-state index contributed by atoms with van der Waals surface area (Å²) < 4.78 is 27.9. The normalized spacial score (nSPS) is 12.8. The van der Waals surface area contributed by atoms with E-state index in [1.165, 1.54) is 24.3 Å². The Labute approximate surface area is 183 Å². The van der Waals surface area contributed by atoms with E-state index in [0.717, 1.165) is 5.56 Å². The van der Waals surface area contributed by atoms with Crippen LogP contribution >= 0.6 is 0 Å². The van der Waals surface area contributed by atoms with Gasteiger partial charge >= 0.3 is 0 Å². The number of benzene rings is 2. The van der Waals surface area contributed by atoms with Crippen molar-refractivity contribution in [3.8, 4) is 5.75 Å². The summed E-state index contributed by atoms with van der Waals surface area (Å²) in [6.45, 7) is 7.27. The van der Waals surface area contributed by atoms with Gasteiger partial charge < -0.3 is 15.7 Å². The minimum atomic E-state index is -4.03. The van der Waals surface area contributed by atoms with E-state index >= 15 is 0 Å². The van der Waals surface area contributed by atoms with E-state index < -0.39 is 33.4 Å². The molecule has 0 heterocycles. The molecule has 168 valence electrons. The number of phenols is 1. The van der Waals surface area contributed by atoms with E-state index in [4.69, 9.17) is 0 Å². The van der Waals surface area contributed by atoms with Crippen molar-refractivity contribution in [1.82, 2.24) is 15.4 Å². The van der Waals surface area contributed by atoms with Crippen molar-refractivity contribution in [2.45, 2.75) is 57.1 Å². The van der Waals surface area contributed by atoms with Gasteiger partial charge in [-0.25, -0.2) is 8.42 Å². The Balaban J connectivity index is 2.19. The van der Waals surface area contributed by atoms with Gasteiger partial charge in [0.1, 0.15) is 11.8 Å². The molecule has 0 radical (unpaired) electrons. The summed E-state index contributed by atoms with van der Waals surface area (Å²) in [6, 6.07) is 11.2. The lowest BCUT2D eigenvalue weighted by Gasteiger charge is -2.23. The smallest absolute Gasteiger partial charge is 0.241 e. The van der Waals surface area contributed by atoms with Crippen LogP contribution in [0.5, 0.6) is 5.75 Å². The van der Waals surface area contributed by atoms with E-state index in [2.05, 4.69) is 15.4 Å². The summed E-state index contributed by atoms with van der Waals surface area (Å²) in [5, 5.41) is 14.9. The van der Waals surface area contributed by atoms with Crippen LogP contribution in [0.3, 0.4) is 0 Å². The number of sulfonamides is 1. The molecule has 2 amide bonds. The average molecular weight is 448 g/mol. The summed E-state index contributed by atoms with van der Waals surface area (Å²) in [5.74, 6) is -1.06. The van der Waals surface area contributed by atoms with Gasteiger partial charge in [-0.05, 0) is 57.5 Å². The molecule has 0 fully saturated rings. The number of phenolic OH excluding ortho intramolecular Hbond substituents is 1. The molecule has 0 saturated heterocycles. The van der Waals surface area contributed by atoms with Crippen molar-refractivity contribution in [2.24, 2.45) is 0 Å². The molecule has 8 nitrogen and oxygen atoms in total. The lowest BCUT2D eigenvalue weighted by atomic mass is 10.1. The van der Waals surface area contributed by atoms with Gasteiger partial charge in [-0.15, -0.1) is 0 Å². The Morgan fingerprint density at radius 1 is 1.06 bits per heavy atom. The Hall–Kier alpha value is -2.91. The summed E-state index contributed by atoms with van der Waals surface area (Å²) in [7, 11) is -4.03. The third-order valence-corrected chi connectivity index (χ3v) is 5.71. The molecule has 2 rings (SSSR count). The van der Waals surface area contributed by atoms with Crippen molar-refractivity contribution in [3.05, 3.63) is 59.7 Å². The van der Waals surface area contributed by atoms with Crippen LogP contribution in [0, 0.1) is 6.92 Å². The fourth-order valence-corrected chi connectivity index (χ4v) is 3.99.